The van der Waals surface area contributed by atoms with Gasteiger partial charge >= 0.3 is 11.9 Å². The van der Waals surface area contributed by atoms with Crippen LogP contribution in [0.25, 0.3) is 44.8 Å². The van der Waals surface area contributed by atoms with Crippen molar-refractivity contribution < 1.29 is 48.3 Å². The summed E-state index contributed by atoms with van der Waals surface area (Å²) in [6.07, 6.45) is 6.38. The summed E-state index contributed by atoms with van der Waals surface area (Å²) in [5, 5.41) is 21.6. The number of aliphatic hydroxyl groups is 2. The molecule has 0 unspecified atom stereocenters. The molecule has 0 aliphatic rings. The number of aliphatic hydroxyl groups excluding tert-OH is 2. The van der Waals surface area contributed by atoms with E-state index in [0.717, 1.165) is 21.9 Å². The summed E-state index contributed by atoms with van der Waals surface area (Å²) in [6, 6.07) is 44.7. The molecule has 326 valence electrons. The fraction of sp³-hybridized carbons (Fsp3) is 0.0714. The molecule has 0 aliphatic heterocycles. The lowest BCUT2D eigenvalue weighted by Crippen LogP contribution is -2.11. The molecule has 0 saturated heterocycles. The van der Waals surface area contributed by atoms with Gasteiger partial charge in [-0.15, -0.1) is 0 Å². The van der Waals surface area contributed by atoms with E-state index in [9.17, 15) is 29.4 Å². The lowest BCUT2D eigenvalue weighted by molar-refractivity contribution is 0.0723. The maximum Gasteiger partial charge on any atom is 0.343 e. The van der Waals surface area contributed by atoms with Gasteiger partial charge in [0.15, 0.2) is 11.6 Å². The van der Waals surface area contributed by atoms with Gasteiger partial charge in [-0.3, -0.25) is 9.59 Å². The number of carbonyl (C=O) groups is 4. The van der Waals surface area contributed by atoms with E-state index >= 15 is 0 Å². The number of hydrogen-bond acceptors (Lipinski definition) is 10. The van der Waals surface area contributed by atoms with E-state index in [2.05, 4.69) is 0 Å². The van der Waals surface area contributed by atoms with E-state index in [4.69, 9.17) is 18.9 Å². The van der Waals surface area contributed by atoms with Crippen LogP contribution in [-0.4, -0.2) is 47.9 Å². The predicted octanol–water partition coefficient (Wildman–Crippen LogP) is 10.9. The fourth-order valence-electron chi connectivity index (χ4n) is 7.41. The first-order valence-corrected chi connectivity index (χ1v) is 20.9. The third-order valence-electron chi connectivity index (χ3n) is 11.0. The van der Waals surface area contributed by atoms with E-state index < -0.39 is 11.9 Å². The molecule has 66 heavy (non-hydrogen) atoms. The minimum absolute atomic E-state index is 0.124. The van der Waals surface area contributed by atoms with Gasteiger partial charge in [0.2, 0.25) is 0 Å². The van der Waals surface area contributed by atoms with E-state index in [1.807, 2.05) is 48.5 Å². The van der Waals surface area contributed by atoms with E-state index in [1.165, 1.54) is 26.4 Å². The summed E-state index contributed by atoms with van der Waals surface area (Å²) in [4.78, 5) is 54.0. The van der Waals surface area contributed by atoms with Crippen molar-refractivity contribution in [2.24, 2.45) is 0 Å². The summed E-state index contributed by atoms with van der Waals surface area (Å²) in [6.45, 7) is -0.248. The number of carbonyl (C=O) groups excluding carboxylic acids is 4. The Hall–Kier alpha value is -8.44. The van der Waals surface area contributed by atoms with Crippen molar-refractivity contribution in [1.29, 1.82) is 0 Å². The number of hydrogen-bond donors (Lipinski definition) is 2. The van der Waals surface area contributed by atoms with Crippen LogP contribution in [0.1, 0.15) is 63.7 Å². The lowest BCUT2D eigenvalue weighted by Gasteiger charge is -2.19. The van der Waals surface area contributed by atoms with E-state index in [0.29, 0.717) is 55.7 Å². The number of benzene rings is 8. The van der Waals surface area contributed by atoms with Crippen molar-refractivity contribution in [2.75, 3.05) is 14.2 Å². The number of methoxy groups -OCH3 is 2. The Bertz CT molecular complexity index is 2950. The highest BCUT2D eigenvalue weighted by Crippen LogP contribution is 2.46. The van der Waals surface area contributed by atoms with Gasteiger partial charge in [-0.25, -0.2) is 9.59 Å². The van der Waals surface area contributed by atoms with Crippen LogP contribution >= 0.6 is 0 Å². The van der Waals surface area contributed by atoms with Gasteiger partial charge in [0.1, 0.15) is 23.0 Å². The molecule has 0 saturated carbocycles. The molecule has 10 heteroatoms. The third kappa shape index (κ3) is 9.85. The predicted molar refractivity (Wildman–Crippen MR) is 254 cm³/mol. The molecule has 8 aromatic rings. The first kappa shape index (κ1) is 44.2. The quantitative estimate of drug-likeness (QED) is 0.0442. The Kier molecular flexibility index (Phi) is 13.4. The standard InChI is InChI=1S/C56H42O10/c1-63-45-21-15-41(16-22-45)55(61)65-51-29-19-43-31-35(9-27-49(59)39-11-3-37(33-57)4-12-39)7-25-47(43)53(51)54-48-26-8-36(10-28-50(60)40-13-5-38(34-58)6-14-40)32-44(48)20-30-52(54)66-56(62)42-17-23-46(64-2)24-18-42/h3-32,57-58H,33-34H2,1-2H3/b27-9+,28-10+. The molecule has 10 nitrogen and oxygen atoms in total. The Morgan fingerprint density at radius 2 is 0.803 bits per heavy atom. The van der Waals surface area contributed by atoms with E-state index in [1.54, 1.807) is 121 Å². The topological polar surface area (TPSA) is 146 Å². The zero-order valence-corrected chi connectivity index (χ0v) is 35.9. The highest BCUT2D eigenvalue weighted by Gasteiger charge is 2.24. The number of esters is 2. The Morgan fingerprint density at radius 3 is 1.15 bits per heavy atom. The van der Waals surface area contributed by atoms with E-state index in [-0.39, 0.29) is 47.4 Å². The van der Waals surface area contributed by atoms with Gasteiger partial charge in [0.05, 0.1) is 38.6 Å². The largest absolute Gasteiger partial charge is 0.497 e. The van der Waals surface area contributed by atoms with Crippen molar-refractivity contribution in [2.45, 2.75) is 13.2 Å². The smallest absolute Gasteiger partial charge is 0.343 e. The minimum Gasteiger partial charge on any atom is -0.497 e. The lowest BCUT2D eigenvalue weighted by atomic mass is 9.90. The van der Waals surface area contributed by atoms with Crippen LogP contribution < -0.4 is 18.9 Å². The summed E-state index contributed by atoms with van der Waals surface area (Å²) >= 11 is 0. The van der Waals surface area contributed by atoms with Gasteiger partial charge in [-0.05, 0) is 129 Å². The van der Waals surface area contributed by atoms with Crippen LogP contribution in [0.5, 0.6) is 23.0 Å². The number of ether oxygens (including phenoxy) is 4. The molecule has 8 rings (SSSR count). The van der Waals surface area contributed by atoms with Gasteiger partial charge in [-0.2, -0.15) is 0 Å². The molecule has 0 amide bonds. The molecule has 0 heterocycles. The molecule has 0 spiro atoms. The zero-order chi connectivity index (χ0) is 46.2. The van der Waals surface area contributed by atoms with Gasteiger partial charge in [0, 0.05) is 22.3 Å². The van der Waals surface area contributed by atoms with Gasteiger partial charge < -0.3 is 29.2 Å². The SMILES string of the molecule is COc1ccc(C(=O)Oc2ccc3cc(/C=C/C(=O)c4ccc(CO)cc4)ccc3c2-c2c(OC(=O)c3ccc(OC)cc3)ccc3cc(/C=C/C(=O)c4ccc(CO)cc4)ccc23)cc1. The van der Waals surface area contributed by atoms with Crippen molar-refractivity contribution in [3.05, 3.63) is 214 Å². The first-order valence-electron chi connectivity index (χ1n) is 20.9. The third-order valence-corrected chi connectivity index (χ3v) is 11.0. The maximum atomic E-state index is 13.9. The molecule has 8 aromatic carbocycles. The molecule has 0 aromatic heterocycles. The molecule has 0 bridgehead atoms. The van der Waals surface area contributed by atoms with Crippen LogP contribution in [-0.2, 0) is 13.2 Å². The van der Waals surface area contributed by atoms with Crippen molar-refractivity contribution >= 4 is 57.2 Å². The van der Waals surface area contributed by atoms with Crippen LogP contribution in [0.3, 0.4) is 0 Å². The second-order valence-corrected chi connectivity index (χ2v) is 15.2. The van der Waals surface area contributed by atoms with Gasteiger partial charge in [0.25, 0.3) is 0 Å². The molecular weight excluding hydrogens is 833 g/mol. The Balaban J connectivity index is 1.26. The second-order valence-electron chi connectivity index (χ2n) is 15.2. The van der Waals surface area contributed by atoms with Gasteiger partial charge in [-0.1, -0.05) is 97.1 Å². The van der Waals surface area contributed by atoms with Crippen molar-refractivity contribution in [3.8, 4) is 34.1 Å². The molecule has 0 radical (unpaired) electrons. The summed E-state index contributed by atoms with van der Waals surface area (Å²) in [5.41, 5.74) is 5.25. The van der Waals surface area contributed by atoms with Crippen LogP contribution in [0.15, 0.2) is 170 Å². The van der Waals surface area contributed by atoms with Crippen LogP contribution in [0, 0.1) is 0 Å². The normalized spacial score (nSPS) is 11.3. The maximum absolute atomic E-state index is 13.9. The second kappa shape index (κ2) is 19.9. The number of fused-ring (bicyclic) bond motifs is 2. The Morgan fingerprint density at radius 1 is 0.439 bits per heavy atom. The first-order chi connectivity index (χ1) is 32.1. The summed E-state index contributed by atoms with van der Waals surface area (Å²) in [7, 11) is 3.07. The average Bonchev–Trinajstić information content (AvgIpc) is 3.37. The molecule has 2 N–H and O–H groups in total. The summed E-state index contributed by atoms with van der Waals surface area (Å²) in [5.74, 6) is -0.192. The average molecular weight is 875 g/mol. The molecule has 0 fully saturated rings. The zero-order valence-electron chi connectivity index (χ0n) is 35.9. The minimum atomic E-state index is -0.636. The monoisotopic (exact) mass is 874 g/mol. The highest BCUT2D eigenvalue weighted by atomic mass is 16.5. The number of ketones is 2. The summed E-state index contributed by atoms with van der Waals surface area (Å²) < 4.78 is 23.1. The molecule has 0 aliphatic carbocycles. The Labute approximate surface area is 380 Å². The van der Waals surface area contributed by atoms with Crippen LogP contribution in [0.2, 0.25) is 0 Å². The number of rotatable bonds is 15. The van der Waals surface area contributed by atoms with Crippen molar-refractivity contribution in [3.63, 3.8) is 0 Å². The van der Waals surface area contributed by atoms with Crippen molar-refractivity contribution in [1.82, 2.24) is 0 Å². The molecule has 0 atom stereocenters. The number of allylic oxidation sites excluding steroid dienone is 2. The fourth-order valence-corrected chi connectivity index (χ4v) is 7.41. The molecular formula is C56H42O10. The van der Waals surface area contributed by atoms with Crippen LogP contribution in [0.4, 0.5) is 0 Å². The highest BCUT2D eigenvalue weighted by molar-refractivity contribution is 6.13.